The topological polar surface area (TPSA) is 48.8 Å². The van der Waals surface area contributed by atoms with E-state index in [4.69, 9.17) is 9.72 Å². The molecule has 5 nitrogen and oxygen atoms in total. The minimum absolute atomic E-state index is 0.236. The van der Waals surface area contributed by atoms with Crippen LogP contribution in [0.5, 0.6) is 5.75 Å². The number of aliphatic hydroxyl groups excluding tert-OH is 1. The first-order valence-electron chi connectivity index (χ1n) is 10.3. The minimum Gasteiger partial charge on any atom is -0.494 e. The zero-order valence-corrected chi connectivity index (χ0v) is 17.4. The second-order valence-corrected chi connectivity index (χ2v) is 7.77. The molecule has 1 saturated heterocycles. The first-order valence-corrected chi connectivity index (χ1v) is 10.3. The van der Waals surface area contributed by atoms with Gasteiger partial charge in [-0.2, -0.15) is 0 Å². The Morgan fingerprint density at radius 1 is 1.25 bits per heavy atom. The van der Waals surface area contributed by atoms with E-state index in [0.717, 1.165) is 61.5 Å². The molecule has 1 aliphatic rings. The molecule has 3 rings (SSSR count). The van der Waals surface area contributed by atoms with Gasteiger partial charge in [0.1, 0.15) is 5.75 Å². The van der Waals surface area contributed by atoms with E-state index in [1.807, 2.05) is 19.1 Å². The zero-order chi connectivity index (χ0) is 19.9. The summed E-state index contributed by atoms with van der Waals surface area (Å²) in [5.74, 6) is 0.892. The van der Waals surface area contributed by atoms with Crippen LogP contribution in [0.4, 0.5) is 0 Å². The van der Waals surface area contributed by atoms with Crippen LogP contribution in [0.25, 0.3) is 10.9 Å². The van der Waals surface area contributed by atoms with E-state index in [9.17, 15) is 5.11 Å². The number of pyridine rings is 1. The number of allylic oxidation sites excluding steroid dienone is 1. The van der Waals surface area contributed by atoms with Crippen molar-refractivity contribution in [3.05, 3.63) is 47.7 Å². The third-order valence-electron chi connectivity index (χ3n) is 5.30. The third-order valence-corrected chi connectivity index (χ3v) is 5.30. The van der Waals surface area contributed by atoms with Gasteiger partial charge in [0.25, 0.3) is 0 Å². The summed E-state index contributed by atoms with van der Waals surface area (Å²) in [6, 6.07) is 10.7. The van der Waals surface area contributed by atoms with E-state index in [2.05, 4.69) is 47.9 Å². The van der Waals surface area contributed by atoms with Crippen molar-refractivity contribution < 1.29 is 9.84 Å². The summed E-state index contributed by atoms with van der Waals surface area (Å²) >= 11 is 0. The highest BCUT2D eigenvalue weighted by Crippen LogP contribution is 2.21. The highest BCUT2D eigenvalue weighted by atomic mass is 16.5. The number of benzene rings is 1. The van der Waals surface area contributed by atoms with Crippen molar-refractivity contribution in [2.24, 2.45) is 0 Å². The van der Waals surface area contributed by atoms with Gasteiger partial charge in [-0.15, -0.1) is 0 Å². The molecule has 0 spiro atoms. The molecule has 2 aromatic rings. The molecule has 0 amide bonds. The lowest BCUT2D eigenvalue weighted by Crippen LogP contribution is -2.53. The number of hydrogen-bond acceptors (Lipinski definition) is 5. The number of hydrogen-bond donors (Lipinski definition) is 1. The van der Waals surface area contributed by atoms with E-state index in [0.29, 0.717) is 12.6 Å². The van der Waals surface area contributed by atoms with Crippen LogP contribution < -0.4 is 4.74 Å². The lowest BCUT2D eigenvalue weighted by atomic mass is 10.1. The number of piperazine rings is 1. The van der Waals surface area contributed by atoms with Gasteiger partial charge in [0, 0.05) is 50.8 Å². The molecule has 1 fully saturated rings. The maximum absolute atomic E-state index is 9.49. The van der Waals surface area contributed by atoms with Crippen molar-refractivity contribution in [3.8, 4) is 5.75 Å². The van der Waals surface area contributed by atoms with E-state index in [1.54, 1.807) is 0 Å². The molecule has 1 atom stereocenters. The highest BCUT2D eigenvalue weighted by Gasteiger charge is 2.26. The summed E-state index contributed by atoms with van der Waals surface area (Å²) in [4.78, 5) is 9.80. The second kappa shape index (κ2) is 10.0. The zero-order valence-electron chi connectivity index (χ0n) is 17.4. The largest absolute Gasteiger partial charge is 0.494 e. The molecule has 152 valence electrons. The van der Waals surface area contributed by atoms with Gasteiger partial charge in [-0.25, -0.2) is 0 Å². The standard InChI is InChI=1S/C23H33N3O2/c1-4-28-22-7-8-23-19(15-22)5-6-20(24-23)16-25-12-13-26(11-9-18(2)3)21(17-25)10-14-27/h5-9,15,21,27H,4,10-14,16-17H2,1-3H3/t21-/m1/s1. The number of ether oxygens (including phenoxy) is 1. The summed E-state index contributed by atoms with van der Waals surface area (Å²) in [5, 5.41) is 10.6. The molecule has 5 heteroatoms. The van der Waals surface area contributed by atoms with Crippen LogP contribution in [0.1, 0.15) is 32.9 Å². The first-order chi connectivity index (χ1) is 13.6. The Hall–Kier alpha value is -1.95. The predicted octanol–water partition coefficient (Wildman–Crippen LogP) is 3.47. The third kappa shape index (κ3) is 5.53. The molecule has 2 heterocycles. The molecule has 1 N–H and O–H groups in total. The Bertz CT molecular complexity index is 802. The van der Waals surface area contributed by atoms with Crippen LogP contribution in [0.15, 0.2) is 42.0 Å². The van der Waals surface area contributed by atoms with E-state index in [1.165, 1.54) is 5.57 Å². The maximum Gasteiger partial charge on any atom is 0.120 e. The molecule has 1 aromatic heterocycles. The van der Waals surface area contributed by atoms with Gasteiger partial charge in [-0.05, 0) is 51.5 Å². The van der Waals surface area contributed by atoms with Crippen LogP contribution in [0, 0.1) is 0 Å². The molecule has 0 bridgehead atoms. The van der Waals surface area contributed by atoms with E-state index in [-0.39, 0.29) is 6.61 Å². The summed E-state index contributed by atoms with van der Waals surface area (Å²) in [6.45, 7) is 12.0. The highest BCUT2D eigenvalue weighted by molar-refractivity contribution is 5.80. The van der Waals surface area contributed by atoms with Crippen molar-refractivity contribution in [2.45, 2.75) is 39.8 Å². The van der Waals surface area contributed by atoms with Gasteiger partial charge >= 0.3 is 0 Å². The fraction of sp³-hybridized carbons (Fsp3) is 0.522. The molecule has 0 unspecified atom stereocenters. The first kappa shape index (κ1) is 20.8. The van der Waals surface area contributed by atoms with E-state index >= 15 is 0 Å². The number of aromatic nitrogens is 1. The van der Waals surface area contributed by atoms with Gasteiger partial charge in [0.2, 0.25) is 0 Å². The van der Waals surface area contributed by atoms with Gasteiger partial charge in [0.05, 0.1) is 17.8 Å². The second-order valence-electron chi connectivity index (χ2n) is 7.77. The van der Waals surface area contributed by atoms with Crippen molar-refractivity contribution in [2.75, 3.05) is 39.4 Å². The smallest absolute Gasteiger partial charge is 0.120 e. The fourth-order valence-electron chi connectivity index (χ4n) is 3.78. The Morgan fingerprint density at radius 3 is 2.86 bits per heavy atom. The SMILES string of the molecule is CCOc1ccc2nc(CN3CCN(CC=C(C)C)[C@H](CCO)C3)ccc2c1. The summed E-state index contributed by atoms with van der Waals surface area (Å²) < 4.78 is 5.58. The normalized spacial score (nSPS) is 18.4. The van der Waals surface area contributed by atoms with Crippen LogP contribution >= 0.6 is 0 Å². The summed E-state index contributed by atoms with van der Waals surface area (Å²) in [5.41, 5.74) is 3.45. The molecule has 28 heavy (non-hydrogen) atoms. The maximum atomic E-state index is 9.49. The van der Waals surface area contributed by atoms with Crippen LogP contribution in [0.3, 0.4) is 0 Å². The summed E-state index contributed by atoms with van der Waals surface area (Å²) in [6.07, 6.45) is 3.10. The molecule has 0 saturated carbocycles. The van der Waals surface area contributed by atoms with Gasteiger partial charge in [0.15, 0.2) is 0 Å². The average Bonchev–Trinajstić information content (AvgIpc) is 2.68. The Labute approximate surface area is 168 Å². The van der Waals surface area contributed by atoms with Crippen molar-refractivity contribution in [3.63, 3.8) is 0 Å². The predicted molar refractivity (Wildman–Crippen MR) is 115 cm³/mol. The van der Waals surface area contributed by atoms with Crippen LogP contribution in [0.2, 0.25) is 0 Å². The number of aliphatic hydroxyl groups is 1. The molecular formula is C23H33N3O2. The van der Waals surface area contributed by atoms with Gasteiger partial charge in [-0.1, -0.05) is 17.7 Å². The molecule has 0 radical (unpaired) electrons. The average molecular weight is 384 g/mol. The van der Waals surface area contributed by atoms with Crippen LogP contribution in [-0.4, -0.2) is 65.3 Å². The van der Waals surface area contributed by atoms with Crippen molar-refractivity contribution >= 4 is 10.9 Å². The van der Waals surface area contributed by atoms with Crippen molar-refractivity contribution in [1.82, 2.24) is 14.8 Å². The molecule has 1 aromatic carbocycles. The Morgan fingerprint density at radius 2 is 2.11 bits per heavy atom. The van der Waals surface area contributed by atoms with Gasteiger partial charge in [-0.3, -0.25) is 14.8 Å². The van der Waals surface area contributed by atoms with Crippen LogP contribution in [-0.2, 0) is 6.54 Å². The quantitative estimate of drug-likeness (QED) is 0.708. The van der Waals surface area contributed by atoms with E-state index < -0.39 is 0 Å². The Kier molecular flexibility index (Phi) is 7.43. The lowest BCUT2D eigenvalue weighted by Gasteiger charge is -2.41. The monoisotopic (exact) mass is 383 g/mol. The number of rotatable bonds is 8. The molecule has 0 aliphatic carbocycles. The molecule has 1 aliphatic heterocycles. The van der Waals surface area contributed by atoms with Crippen molar-refractivity contribution in [1.29, 1.82) is 0 Å². The minimum atomic E-state index is 0.236. The Balaban J connectivity index is 1.66. The van der Waals surface area contributed by atoms with Gasteiger partial charge < -0.3 is 9.84 Å². The summed E-state index contributed by atoms with van der Waals surface area (Å²) in [7, 11) is 0. The lowest BCUT2D eigenvalue weighted by molar-refractivity contribution is 0.0631. The molecular weight excluding hydrogens is 350 g/mol. The number of nitrogens with zero attached hydrogens (tertiary/aromatic N) is 3. The number of fused-ring (bicyclic) bond motifs is 1. The fourth-order valence-corrected chi connectivity index (χ4v) is 3.78.